The smallest absolute Gasteiger partial charge is 0.316 e. The first-order chi connectivity index (χ1) is 9.07. The molecule has 0 amide bonds. The molecule has 0 aromatic carbocycles. The molecule has 0 fully saturated rings. The van der Waals surface area contributed by atoms with Gasteiger partial charge in [0.05, 0.1) is 12.5 Å². The van der Waals surface area contributed by atoms with Gasteiger partial charge in [-0.15, -0.1) is 0 Å². The predicted octanol–water partition coefficient (Wildman–Crippen LogP) is 1.24. The van der Waals surface area contributed by atoms with Crippen LogP contribution in [0.1, 0.15) is 12.8 Å². The lowest BCUT2D eigenvalue weighted by Crippen LogP contribution is -2.60. The summed E-state index contributed by atoms with van der Waals surface area (Å²) in [7, 11) is 4.18. The van der Waals surface area contributed by atoms with Gasteiger partial charge in [0.25, 0.3) is 0 Å². The van der Waals surface area contributed by atoms with Crippen LogP contribution >= 0.6 is 0 Å². The van der Waals surface area contributed by atoms with Gasteiger partial charge >= 0.3 is 5.97 Å². The third-order valence-corrected chi connectivity index (χ3v) is 4.12. The van der Waals surface area contributed by atoms with Crippen molar-refractivity contribution in [2.75, 3.05) is 21.3 Å². The number of carbonyl (C=O) groups is 2. The molecule has 0 aromatic rings. The van der Waals surface area contributed by atoms with E-state index in [0.29, 0.717) is 12.8 Å². The number of ether oxygens (including phenoxy) is 3. The second-order valence-corrected chi connectivity index (χ2v) is 4.77. The van der Waals surface area contributed by atoms with Gasteiger partial charge < -0.3 is 14.2 Å². The molecule has 5 nitrogen and oxygen atoms in total. The maximum Gasteiger partial charge on any atom is 0.316 e. The van der Waals surface area contributed by atoms with Crippen LogP contribution in [0.3, 0.4) is 0 Å². The van der Waals surface area contributed by atoms with Crippen molar-refractivity contribution in [1.82, 2.24) is 0 Å². The summed E-state index contributed by atoms with van der Waals surface area (Å²) in [5, 5.41) is 0. The van der Waals surface area contributed by atoms with E-state index in [4.69, 9.17) is 14.2 Å². The van der Waals surface area contributed by atoms with Crippen molar-refractivity contribution in [1.29, 1.82) is 0 Å². The molecule has 2 aliphatic carbocycles. The van der Waals surface area contributed by atoms with Gasteiger partial charge in [0.15, 0.2) is 0 Å². The highest BCUT2D eigenvalue weighted by Crippen LogP contribution is 2.50. The first kappa shape index (κ1) is 14.0. The molecule has 5 heteroatoms. The van der Waals surface area contributed by atoms with Gasteiger partial charge in [0, 0.05) is 20.1 Å². The minimum atomic E-state index is -1.42. The first-order valence-electron chi connectivity index (χ1n) is 6.15. The molecule has 0 unspecified atom stereocenters. The molecule has 104 valence electrons. The van der Waals surface area contributed by atoms with Crippen molar-refractivity contribution in [3.63, 3.8) is 0 Å². The Balaban J connectivity index is 2.58. The lowest BCUT2D eigenvalue weighted by Gasteiger charge is -2.48. The van der Waals surface area contributed by atoms with E-state index >= 15 is 0 Å². The number of hydrogen-bond donors (Lipinski definition) is 0. The molecule has 0 heterocycles. The van der Waals surface area contributed by atoms with Gasteiger partial charge in [0.2, 0.25) is 11.6 Å². The van der Waals surface area contributed by atoms with E-state index in [1.54, 1.807) is 6.08 Å². The van der Waals surface area contributed by atoms with E-state index in [1.165, 1.54) is 27.4 Å². The lowest BCUT2D eigenvalue weighted by molar-refractivity contribution is -0.245. The Kier molecular flexibility index (Phi) is 3.60. The maximum atomic E-state index is 12.2. The summed E-state index contributed by atoms with van der Waals surface area (Å²) in [6.07, 6.45) is 7.84. The normalized spacial score (nSPS) is 31.9. The largest absolute Gasteiger partial charge is 0.468 e. The summed E-state index contributed by atoms with van der Waals surface area (Å²) in [6, 6.07) is 0. The minimum Gasteiger partial charge on any atom is -0.468 e. The Morgan fingerprint density at radius 1 is 1.26 bits per heavy atom. The molecule has 19 heavy (non-hydrogen) atoms. The molecular formula is C14H18O5. The Labute approximate surface area is 112 Å². The van der Waals surface area contributed by atoms with E-state index in [-0.39, 0.29) is 11.8 Å². The SMILES string of the molecule is COC(=O)[C@]12C=CC(=O)C(OC)(OC)[C@H]1CC=CC2. The second-order valence-electron chi connectivity index (χ2n) is 4.77. The van der Waals surface area contributed by atoms with Crippen molar-refractivity contribution in [2.45, 2.75) is 18.6 Å². The lowest BCUT2D eigenvalue weighted by atomic mass is 9.61. The van der Waals surface area contributed by atoms with Crippen LogP contribution in [0.5, 0.6) is 0 Å². The highest BCUT2D eigenvalue weighted by Gasteiger charge is 2.60. The number of ketones is 1. The van der Waals surface area contributed by atoms with Crippen molar-refractivity contribution in [3.8, 4) is 0 Å². The van der Waals surface area contributed by atoms with Crippen molar-refractivity contribution in [3.05, 3.63) is 24.3 Å². The van der Waals surface area contributed by atoms with Crippen LogP contribution in [0.25, 0.3) is 0 Å². The standard InChI is InChI=1S/C14H18O5/c1-17-12(16)13-8-5-4-6-10(13)14(18-2,19-3)11(15)7-9-13/h4-5,7,9-10H,6,8H2,1-3H3/t10-,13+/m0/s1. The molecule has 0 radical (unpaired) electrons. The van der Waals surface area contributed by atoms with Gasteiger partial charge in [-0.05, 0) is 18.9 Å². The molecule has 0 spiro atoms. The molecule has 2 atom stereocenters. The van der Waals surface area contributed by atoms with E-state index in [9.17, 15) is 9.59 Å². The number of rotatable bonds is 3. The summed E-state index contributed by atoms with van der Waals surface area (Å²) in [5.41, 5.74) is -0.899. The Morgan fingerprint density at radius 2 is 1.95 bits per heavy atom. The number of allylic oxidation sites excluding steroid dienone is 2. The van der Waals surface area contributed by atoms with Crippen molar-refractivity contribution in [2.24, 2.45) is 11.3 Å². The van der Waals surface area contributed by atoms with E-state index in [0.717, 1.165) is 0 Å². The predicted molar refractivity (Wildman–Crippen MR) is 67.2 cm³/mol. The molecule has 0 bridgehead atoms. The maximum absolute atomic E-state index is 12.2. The molecule has 0 saturated heterocycles. The highest BCUT2D eigenvalue weighted by atomic mass is 16.7. The Bertz CT molecular complexity index is 447. The number of hydrogen-bond acceptors (Lipinski definition) is 5. The quantitative estimate of drug-likeness (QED) is 0.437. The number of fused-ring (bicyclic) bond motifs is 1. The van der Waals surface area contributed by atoms with Crippen LogP contribution in [-0.2, 0) is 23.8 Å². The molecule has 0 N–H and O–H groups in total. The summed E-state index contributed by atoms with van der Waals surface area (Å²) < 4.78 is 15.7. The van der Waals surface area contributed by atoms with Crippen molar-refractivity contribution < 1.29 is 23.8 Å². The third kappa shape index (κ3) is 1.76. The van der Waals surface area contributed by atoms with Crippen LogP contribution < -0.4 is 0 Å². The molecule has 2 rings (SSSR count). The zero-order valence-electron chi connectivity index (χ0n) is 11.3. The minimum absolute atomic E-state index is 0.280. The van der Waals surface area contributed by atoms with Gasteiger partial charge in [-0.3, -0.25) is 9.59 Å². The topological polar surface area (TPSA) is 61.8 Å². The van der Waals surface area contributed by atoms with Crippen LogP contribution in [0.2, 0.25) is 0 Å². The van der Waals surface area contributed by atoms with Gasteiger partial charge in [0.1, 0.15) is 0 Å². The number of carbonyl (C=O) groups excluding carboxylic acids is 2. The summed E-state index contributed by atoms with van der Waals surface area (Å²) in [6.45, 7) is 0. The number of methoxy groups -OCH3 is 3. The summed E-state index contributed by atoms with van der Waals surface area (Å²) >= 11 is 0. The van der Waals surface area contributed by atoms with E-state index < -0.39 is 17.1 Å². The number of esters is 1. The van der Waals surface area contributed by atoms with Gasteiger partial charge in [-0.1, -0.05) is 18.2 Å². The molecule has 0 saturated carbocycles. The van der Waals surface area contributed by atoms with Gasteiger partial charge in [-0.2, -0.15) is 0 Å². The molecule has 2 aliphatic rings. The second kappa shape index (κ2) is 4.90. The first-order valence-corrected chi connectivity index (χ1v) is 6.15. The Hall–Kier alpha value is -1.46. The summed E-state index contributed by atoms with van der Waals surface area (Å²) in [5.74, 6) is -2.50. The Morgan fingerprint density at radius 3 is 2.53 bits per heavy atom. The molecule has 0 aromatic heterocycles. The molecular weight excluding hydrogens is 248 g/mol. The van der Waals surface area contributed by atoms with Crippen molar-refractivity contribution >= 4 is 11.8 Å². The van der Waals surface area contributed by atoms with Crippen LogP contribution in [0, 0.1) is 11.3 Å². The zero-order chi connectivity index (χ0) is 14.1. The fourth-order valence-corrected chi connectivity index (χ4v) is 3.11. The fourth-order valence-electron chi connectivity index (χ4n) is 3.11. The zero-order valence-corrected chi connectivity index (χ0v) is 11.3. The monoisotopic (exact) mass is 266 g/mol. The highest BCUT2D eigenvalue weighted by molar-refractivity contribution is 6.00. The van der Waals surface area contributed by atoms with Gasteiger partial charge in [-0.25, -0.2) is 0 Å². The molecule has 0 aliphatic heterocycles. The summed E-state index contributed by atoms with van der Waals surface area (Å²) in [4.78, 5) is 24.4. The van der Waals surface area contributed by atoms with E-state index in [2.05, 4.69) is 0 Å². The average Bonchev–Trinajstić information content (AvgIpc) is 2.47. The van der Waals surface area contributed by atoms with E-state index in [1.807, 2.05) is 12.2 Å². The van der Waals surface area contributed by atoms with Crippen LogP contribution in [-0.4, -0.2) is 38.9 Å². The fraction of sp³-hybridized carbons (Fsp3) is 0.571. The van der Waals surface area contributed by atoms with Crippen LogP contribution in [0.15, 0.2) is 24.3 Å². The third-order valence-electron chi connectivity index (χ3n) is 4.12. The van der Waals surface area contributed by atoms with Crippen LogP contribution in [0.4, 0.5) is 0 Å². The average molecular weight is 266 g/mol.